The van der Waals surface area contributed by atoms with E-state index >= 15 is 0 Å². The number of anilines is 1. The van der Waals surface area contributed by atoms with Gasteiger partial charge in [0.15, 0.2) is 11.5 Å². The van der Waals surface area contributed by atoms with E-state index in [4.69, 9.17) is 9.47 Å². The molecule has 8 heteroatoms. The average molecular weight is 388 g/mol. The van der Waals surface area contributed by atoms with E-state index in [-0.39, 0.29) is 24.1 Å². The molecule has 2 heterocycles. The molecule has 0 fully saturated rings. The summed E-state index contributed by atoms with van der Waals surface area (Å²) in [5.74, 6) is 1.20. The summed E-state index contributed by atoms with van der Waals surface area (Å²) in [5.41, 5.74) is 1.81. The second-order valence-electron chi connectivity index (χ2n) is 7.33. The molecule has 0 radical (unpaired) electrons. The minimum atomic E-state index is -3.70. The summed E-state index contributed by atoms with van der Waals surface area (Å²) in [6.07, 6.45) is 0.314. The molecule has 2 aromatic rings. The molecule has 0 aliphatic carbocycles. The van der Waals surface area contributed by atoms with Crippen molar-refractivity contribution in [1.82, 2.24) is 4.72 Å². The van der Waals surface area contributed by atoms with E-state index in [1.807, 2.05) is 13.8 Å². The maximum atomic E-state index is 12.7. The van der Waals surface area contributed by atoms with E-state index in [2.05, 4.69) is 10.0 Å². The van der Waals surface area contributed by atoms with Crippen molar-refractivity contribution >= 4 is 21.6 Å². The number of benzene rings is 2. The molecule has 0 saturated carbocycles. The molecule has 0 aromatic heterocycles. The Hall–Kier alpha value is -2.58. The van der Waals surface area contributed by atoms with Crippen LogP contribution in [0.5, 0.6) is 11.5 Å². The third-order valence-electron chi connectivity index (χ3n) is 4.81. The summed E-state index contributed by atoms with van der Waals surface area (Å²) in [6, 6.07) is 10.1. The number of hydrogen-bond donors (Lipinski definition) is 2. The van der Waals surface area contributed by atoms with Gasteiger partial charge in [-0.05, 0) is 41.5 Å². The van der Waals surface area contributed by atoms with E-state index in [9.17, 15) is 13.2 Å². The van der Waals surface area contributed by atoms with Crippen LogP contribution >= 0.6 is 0 Å². The first-order chi connectivity index (χ1) is 12.7. The van der Waals surface area contributed by atoms with E-state index in [0.717, 1.165) is 11.1 Å². The highest BCUT2D eigenvalue weighted by Crippen LogP contribution is 2.38. The Labute approximate surface area is 157 Å². The predicted molar refractivity (Wildman–Crippen MR) is 99.3 cm³/mol. The number of ether oxygens (including phenoxy) is 2. The SMILES string of the molecule is CC1(C)CC(=O)Nc2ccc(S(=O)(=O)NCc3ccc4c(c3)OCO4)cc21. The van der Waals surface area contributed by atoms with Crippen molar-refractivity contribution in [2.75, 3.05) is 12.1 Å². The lowest BCUT2D eigenvalue weighted by molar-refractivity contribution is -0.117. The molecular weight excluding hydrogens is 368 g/mol. The Morgan fingerprint density at radius 2 is 1.89 bits per heavy atom. The van der Waals surface area contributed by atoms with E-state index in [0.29, 0.717) is 23.6 Å². The highest BCUT2D eigenvalue weighted by molar-refractivity contribution is 7.89. The van der Waals surface area contributed by atoms with Gasteiger partial charge in [0.05, 0.1) is 4.90 Å². The van der Waals surface area contributed by atoms with Crippen LogP contribution in [0.3, 0.4) is 0 Å². The van der Waals surface area contributed by atoms with E-state index in [1.54, 1.807) is 30.3 Å². The molecule has 2 aliphatic heterocycles. The van der Waals surface area contributed by atoms with Gasteiger partial charge in [-0.2, -0.15) is 0 Å². The zero-order valence-electron chi connectivity index (χ0n) is 15.0. The summed E-state index contributed by atoms with van der Waals surface area (Å²) in [7, 11) is -3.70. The maximum Gasteiger partial charge on any atom is 0.240 e. The Bertz CT molecular complexity index is 1030. The van der Waals surface area contributed by atoms with Gasteiger partial charge in [0.25, 0.3) is 0 Å². The van der Waals surface area contributed by atoms with Gasteiger partial charge in [0, 0.05) is 24.1 Å². The van der Waals surface area contributed by atoms with Crippen molar-refractivity contribution in [2.24, 2.45) is 0 Å². The first-order valence-electron chi connectivity index (χ1n) is 8.57. The fraction of sp³-hybridized carbons (Fsp3) is 0.316. The molecule has 27 heavy (non-hydrogen) atoms. The topological polar surface area (TPSA) is 93.7 Å². The van der Waals surface area contributed by atoms with Gasteiger partial charge in [-0.3, -0.25) is 4.79 Å². The van der Waals surface area contributed by atoms with Crippen molar-refractivity contribution in [3.8, 4) is 11.5 Å². The van der Waals surface area contributed by atoms with Crippen LogP contribution in [0.1, 0.15) is 31.4 Å². The van der Waals surface area contributed by atoms with Crippen LogP contribution in [0.25, 0.3) is 0 Å². The molecule has 0 atom stereocenters. The molecule has 7 nitrogen and oxygen atoms in total. The van der Waals surface area contributed by atoms with Crippen LogP contribution in [0.2, 0.25) is 0 Å². The highest BCUT2D eigenvalue weighted by Gasteiger charge is 2.33. The van der Waals surface area contributed by atoms with Crippen molar-refractivity contribution < 1.29 is 22.7 Å². The quantitative estimate of drug-likeness (QED) is 0.839. The number of fused-ring (bicyclic) bond motifs is 2. The number of nitrogens with one attached hydrogen (secondary N) is 2. The summed E-state index contributed by atoms with van der Waals surface area (Å²) >= 11 is 0. The summed E-state index contributed by atoms with van der Waals surface area (Å²) in [6.45, 7) is 4.17. The molecule has 2 aliphatic rings. The number of carbonyl (C=O) groups excluding carboxylic acids is 1. The fourth-order valence-corrected chi connectivity index (χ4v) is 4.41. The summed E-state index contributed by atoms with van der Waals surface area (Å²) in [4.78, 5) is 12.0. The van der Waals surface area contributed by atoms with Crippen molar-refractivity contribution in [3.63, 3.8) is 0 Å². The zero-order valence-corrected chi connectivity index (χ0v) is 15.9. The minimum Gasteiger partial charge on any atom is -0.454 e. The molecule has 0 saturated heterocycles. The lowest BCUT2D eigenvalue weighted by atomic mass is 9.78. The van der Waals surface area contributed by atoms with Crippen molar-refractivity contribution in [1.29, 1.82) is 0 Å². The van der Waals surface area contributed by atoms with Gasteiger partial charge in [-0.1, -0.05) is 19.9 Å². The third-order valence-corrected chi connectivity index (χ3v) is 6.21. The van der Waals surface area contributed by atoms with Crippen LogP contribution in [0, 0.1) is 0 Å². The maximum absolute atomic E-state index is 12.7. The lowest BCUT2D eigenvalue weighted by Gasteiger charge is -2.32. The largest absolute Gasteiger partial charge is 0.454 e. The third kappa shape index (κ3) is 3.38. The second-order valence-corrected chi connectivity index (χ2v) is 9.10. The molecule has 2 N–H and O–H groups in total. The van der Waals surface area contributed by atoms with E-state index in [1.165, 1.54) is 6.07 Å². The van der Waals surface area contributed by atoms with Crippen LogP contribution in [-0.4, -0.2) is 21.1 Å². The second kappa shape index (κ2) is 6.24. The first kappa shape index (κ1) is 17.8. The lowest BCUT2D eigenvalue weighted by Crippen LogP contribution is -2.33. The number of carbonyl (C=O) groups is 1. The van der Waals surface area contributed by atoms with Crippen LogP contribution in [0.4, 0.5) is 5.69 Å². The Morgan fingerprint density at radius 1 is 1.11 bits per heavy atom. The van der Waals surface area contributed by atoms with Gasteiger partial charge in [0.1, 0.15) is 0 Å². The average Bonchev–Trinajstić information content (AvgIpc) is 3.06. The molecule has 1 amide bonds. The number of rotatable bonds is 4. The molecule has 2 aromatic carbocycles. The standard InChI is InChI=1S/C19H20N2O5S/c1-19(2)9-18(22)21-15-5-4-13(8-14(15)19)27(23,24)20-10-12-3-6-16-17(7-12)26-11-25-16/h3-8,20H,9-11H2,1-2H3,(H,21,22). The van der Waals surface area contributed by atoms with Crippen LogP contribution in [0.15, 0.2) is 41.3 Å². The molecule has 4 rings (SSSR count). The molecule has 142 valence electrons. The van der Waals surface area contributed by atoms with Crippen LogP contribution < -0.4 is 19.5 Å². The smallest absolute Gasteiger partial charge is 0.240 e. The number of amides is 1. The van der Waals surface area contributed by atoms with Crippen molar-refractivity contribution in [3.05, 3.63) is 47.5 Å². The van der Waals surface area contributed by atoms with Gasteiger partial charge >= 0.3 is 0 Å². The van der Waals surface area contributed by atoms with Gasteiger partial charge in [-0.15, -0.1) is 0 Å². The molecule has 0 bridgehead atoms. The monoisotopic (exact) mass is 388 g/mol. The van der Waals surface area contributed by atoms with Gasteiger partial charge in [-0.25, -0.2) is 13.1 Å². The van der Waals surface area contributed by atoms with Gasteiger partial charge in [0.2, 0.25) is 22.7 Å². The Kier molecular flexibility index (Phi) is 4.12. The number of hydrogen-bond acceptors (Lipinski definition) is 5. The zero-order chi connectivity index (χ0) is 19.2. The Balaban J connectivity index is 1.56. The molecule has 0 unspecified atom stereocenters. The highest BCUT2D eigenvalue weighted by atomic mass is 32.2. The summed E-state index contributed by atoms with van der Waals surface area (Å²) in [5, 5.41) is 2.80. The normalized spacial score (nSPS) is 17.3. The summed E-state index contributed by atoms with van der Waals surface area (Å²) < 4.78 is 38.7. The van der Waals surface area contributed by atoms with E-state index < -0.39 is 15.4 Å². The first-order valence-corrected chi connectivity index (χ1v) is 10.1. The fourth-order valence-electron chi connectivity index (χ4n) is 3.36. The van der Waals surface area contributed by atoms with Gasteiger partial charge < -0.3 is 14.8 Å². The van der Waals surface area contributed by atoms with Crippen LogP contribution in [-0.2, 0) is 26.8 Å². The molecular formula is C19H20N2O5S. The Morgan fingerprint density at radius 3 is 2.70 bits per heavy atom. The minimum absolute atomic E-state index is 0.0657. The van der Waals surface area contributed by atoms with Crippen molar-refractivity contribution in [2.45, 2.75) is 37.1 Å². The molecule has 0 spiro atoms. The number of sulfonamides is 1. The predicted octanol–water partition coefficient (Wildman–Crippen LogP) is 2.51.